The summed E-state index contributed by atoms with van der Waals surface area (Å²) in [5, 5.41) is 2.90. The van der Waals surface area contributed by atoms with Gasteiger partial charge < -0.3 is 5.32 Å². The Morgan fingerprint density at radius 2 is 1.83 bits per heavy atom. The van der Waals surface area contributed by atoms with Gasteiger partial charge in [0.05, 0.1) is 12.4 Å². The van der Waals surface area contributed by atoms with E-state index in [1.807, 2.05) is 25.1 Å². The van der Waals surface area contributed by atoms with Gasteiger partial charge in [-0.3, -0.25) is 23.8 Å². The van der Waals surface area contributed by atoms with Crippen LogP contribution in [0.4, 0.5) is 4.79 Å². The Hall–Kier alpha value is -2.78. The summed E-state index contributed by atoms with van der Waals surface area (Å²) in [6.07, 6.45) is 3.72. The second-order valence-corrected chi connectivity index (χ2v) is 8.69. The first kappa shape index (κ1) is 19.2. The molecule has 158 valence electrons. The van der Waals surface area contributed by atoms with Gasteiger partial charge in [-0.25, -0.2) is 14.7 Å². The molecule has 9 heteroatoms. The minimum Gasteiger partial charge on any atom is -0.323 e. The number of amides is 3. The van der Waals surface area contributed by atoms with Crippen molar-refractivity contribution in [1.29, 1.82) is 0 Å². The summed E-state index contributed by atoms with van der Waals surface area (Å²) in [6, 6.07) is 6.82. The molecule has 1 saturated carbocycles. The van der Waals surface area contributed by atoms with E-state index in [1.165, 1.54) is 9.30 Å². The van der Waals surface area contributed by atoms with Crippen molar-refractivity contribution in [1.82, 2.24) is 29.4 Å². The van der Waals surface area contributed by atoms with Crippen LogP contribution < -0.4 is 10.9 Å². The maximum absolute atomic E-state index is 12.8. The van der Waals surface area contributed by atoms with Gasteiger partial charge in [0.25, 0.3) is 11.5 Å². The Morgan fingerprint density at radius 3 is 2.57 bits per heavy atom. The average molecular weight is 410 g/mol. The molecule has 1 atom stereocenters. The molecule has 0 aromatic carbocycles. The summed E-state index contributed by atoms with van der Waals surface area (Å²) in [7, 11) is 0. The SMILES string of the molecule is C[C@]1(C2CC2)NC(=O)N(CN2CCN(Cc3cc(=O)n4ccccc4n3)CC2)C1=O. The summed E-state index contributed by atoms with van der Waals surface area (Å²) in [6.45, 7) is 5.88. The molecule has 0 radical (unpaired) electrons. The van der Waals surface area contributed by atoms with Crippen LogP contribution in [0.15, 0.2) is 35.3 Å². The van der Waals surface area contributed by atoms with E-state index in [9.17, 15) is 14.4 Å². The van der Waals surface area contributed by atoms with Crippen molar-refractivity contribution >= 4 is 17.6 Å². The topological polar surface area (TPSA) is 90.3 Å². The van der Waals surface area contributed by atoms with E-state index in [2.05, 4.69) is 20.1 Å². The number of pyridine rings is 1. The molecule has 1 aliphatic carbocycles. The lowest BCUT2D eigenvalue weighted by Crippen LogP contribution is -2.51. The Kier molecular flexibility index (Phi) is 4.59. The van der Waals surface area contributed by atoms with Crippen molar-refractivity contribution in [3.63, 3.8) is 0 Å². The van der Waals surface area contributed by atoms with Gasteiger partial charge in [0.2, 0.25) is 0 Å². The van der Waals surface area contributed by atoms with Gasteiger partial charge in [-0.15, -0.1) is 0 Å². The molecule has 2 aromatic rings. The third-order valence-corrected chi connectivity index (χ3v) is 6.51. The van der Waals surface area contributed by atoms with Gasteiger partial charge in [0, 0.05) is 45.0 Å². The van der Waals surface area contributed by atoms with Crippen LogP contribution >= 0.6 is 0 Å². The number of urea groups is 1. The van der Waals surface area contributed by atoms with Gasteiger partial charge in [-0.05, 0) is 37.8 Å². The number of piperazine rings is 1. The van der Waals surface area contributed by atoms with Gasteiger partial charge in [0.1, 0.15) is 11.2 Å². The molecular formula is C21H26N6O3. The van der Waals surface area contributed by atoms with Crippen LogP contribution in [0.5, 0.6) is 0 Å². The van der Waals surface area contributed by atoms with Gasteiger partial charge in [-0.2, -0.15) is 0 Å². The molecule has 0 unspecified atom stereocenters. The summed E-state index contributed by atoms with van der Waals surface area (Å²) < 4.78 is 1.54. The summed E-state index contributed by atoms with van der Waals surface area (Å²) >= 11 is 0. The first-order valence-corrected chi connectivity index (χ1v) is 10.5. The number of rotatable bonds is 5. The zero-order valence-electron chi connectivity index (χ0n) is 17.1. The van der Waals surface area contributed by atoms with E-state index in [1.54, 1.807) is 12.3 Å². The van der Waals surface area contributed by atoms with Crippen LogP contribution in [0.25, 0.3) is 5.65 Å². The molecule has 3 fully saturated rings. The standard InChI is InChI=1S/C21H26N6O3/c1-21(15-5-6-15)19(29)27(20(30)23-21)14-25-10-8-24(9-11-25)13-16-12-18(28)26-7-3-2-4-17(26)22-16/h2-4,7,12,15H,5-6,8-11,13-14H2,1H3,(H,23,30)/t21-/m1/s1. The van der Waals surface area contributed by atoms with Crippen molar-refractivity contribution in [2.24, 2.45) is 5.92 Å². The maximum Gasteiger partial charge on any atom is 0.326 e. The van der Waals surface area contributed by atoms with Gasteiger partial charge in [0.15, 0.2) is 0 Å². The fourth-order valence-electron chi connectivity index (χ4n) is 4.48. The lowest BCUT2D eigenvalue weighted by atomic mass is 9.96. The van der Waals surface area contributed by atoms with Crippen LogP contribution in [0.1, 0.15) is 25.5 Å². The summed E-state index contributed by atoms with van der Waals surface area (Å²) in [5.74, 6) is 0.174. The number of hydrogen-bond donors (Lipinski definition) is 1. The van der Waals surface area contributed by atoms with E-state index in [0.717, 1.165) is 44.7 Å². The first-order valence-electron chi connectivity index (χ1n) is 10.5. The highest BCUT2D eigenvalue weighted by Gasteiger charge is 2.56. The molecule has 2 aromatic heterocycles. The summed E-state index contributed by atoms with van der Waals surface area (Å²) in [4.78, 5) is 47.8. The zero-order chi connectivity index (χ0) is 20.9. The van der Waals surface area contributed by atoms with Gasteiger partial charge in [-0.1, -0.05) is 6.07 Å². The molecule has 30 heavy (non-hydrogen) atoms. The molecule has 1 N–H and O–H groups in total. The van der Waals surface area contributed by atoms with E-state index < -0.39 is 5.54 Å². The Bertz CT molecular complexity index is 1060. The minimum atomic E-state index is -0.727. The predicted molar refractivity (Wildman–Crippen MR) is 110 cm³/mol. The van der Waals surface area contributed by atoms with Crippen molar-refractivity contribution in [2.45, 2.75) is 31.8 Å². The lowest BCUT2D eigenvalue weighted by molar-refractivity contribution is -0.133. The first-order chi connectivity index (χ1) is 14.4. The Balaban J connectivity index is 1.19. The zero-order valence-corrected chi connectivity index (χ0v) is 17.1. The monoisotopic (exact) mass is 410 g/mol. The fraction of sp³-hybridized carbons (Fsp3) is 0.524. The molecule has 5 rings (SSSR count). The largest absolute Gasteiger partial charge is 0.326 e. The van der Waals surface area contributed by atoms with Crippen LogP contribution in [-0.4, -0.2) is 74.4 Å². The molecule has 2 saturated heterocycles. The molecule has 3 amide bonds. The fourth-order valence-corrected chi connectivity index (χ4v) is 4.48. The second-order valence-electron chi connectivity index (χ2n) is 8.69. The normalized spacial score (nSPS) is 25.8. The van der Waals surface area contributed by atoms with Crippen LogP contribution in [0, 0.1) is 5.92 Å². The van der Waals surface area contributed by atoms with Crippen molar-refractivity contribution in [2.75, 3.05) is 32.8 Å². The van der Waals surface area contributed by atoms with Crippen molar-refractivity contribution in [3.8, 4) is 0 Å². The number of fused-ring (bicyclic) bond motifs is 1. The van der Waals surface area contributed by atoms with Crippen molar-refractivity contribution < 1.29 is 9.59 Å². The van der Waals surface area contributed by atoms with Crippen LogP contribution in [0.2, 0.25) is 0 Å². The van der Waals surface area contributed by atoms with Crippen LogP contribution in [-0.2, 0) is 11.3 Å². The lowest BCUT2D eigenvalue weighted by Gasteiger charge is -2.35. The number of imide groups is 1. The Morgan fingerprint density at radius 1 is 1.10 bits per heavy atom. The predicted octanol–water partition coefficient (Wildman–Crippen LogP) is 0.490. The third-order valence-electron chi connectivity index (χ3n) is 6.51. The molecule has 0 spiro atoms. The molecular weight excluding hydrogens is 384 g/mol. The third kappa shape index (κ3) is 3.37. The highest BCUT2D eigenvalue weighted by atomic mass is 16.2. The molecule has 4 heterocycles. The summed E-state index contributed by atoms with van der Waals surface area (Å²) in [5.41, 5.74) is 0.602. The highest BCUT2D eigenvalue weighted by Crippen LogP contribution is 2.42. The number of hydrogen-bond acceptors (Lipinski definition) is 6. The maximum atomic E-state index is 12.8. The van der Waals surface area contributed by atoms with Crippen LogP contribution in [0.3, 0.4) is 0 Å². The molecule has 0 bridgehead atoms. The van der Waals surface area contributed by atoms with E-state index in [0.29, 0.717) is 18.9 Å². The minimum absolute atomic E-state index is 0.0773. The number of carbonyl (C=O) groups excluding carboxylic acids is 2. The van der Waals surface area contributed by atoms with E-state index in [4.69, 9.17) is 0 Å². The number of aromatic nitrogens is 2. The average Bonchev–Trinajstić information content (AvgIpc) is 3.55. The smallest absolute Gasteiger partial charge is 0.323 e. The Labute approximate surface area is 174 Å². The number of nitrogens with zero attached hydrogens (tertiary/aromatic N) is 5. The quantitative estimate of drug-likeness (QED) is 0.722. The van der Waals surface area contributed by atoms with E-state index >= 15 is 0 Å². The number of carbonyl (C=O) groups is 2. The molecule has 3 aliphatic rings. The van der Waals surface area contributed by atoms with E-state index in [-0.39, 0.29) is 23.4 Å². The van der Waals surface area contributed by atoms with Gasteiger partial charge >= 0.3 is 6.03 Å². The number of nitrogens with one attached hydrogen (secondary N) is 1. The van der Waals surface area contributed by atoms with Crippen molar-refractivity contribution in [3.05, 3.63) is 46.5 Å². The molecule has 2 aliphatic heterocycles. The second kappa shape index (κ2) is 7.17. The highest BCUT2D eigenvalue weighted by molar-refractivity contribution is 6.07. The molecule has 9 nitrogen and oxygen atoms in total.